The van der Waals surface area contributed by atoms with E-state index in [1.807, 2.05) is 0 Å². The van der Waals surface area contributed by atoms with Gasteiger partial charge in [0.05, 0.1) is 22.7 Å². The number of rotatable bonds is 4. The largest absolute Gasteiger partial charge is 0.339 e. The number of sulfone groups is 1. The normalized spacial score (nSPS) is 19.2. The average Bonchev–Trinajstić information content (AvgIpc) is 2.90. The summed E-state index contributed by atoms with van der Waals surface area (Å²) in [4.78, 5) is 6.03. The van der Waals surface area contributed by atoms with Gasteiger partial charge in [-0.2, -0.15) is 10.1 Å². The molecule has 1 aliphatic rings. The van der Waals surface area contributed by atoms with E-state index in [0.717, 1.165) is 0 Å². The van der Waals surface area contributed by atoms with Crippen molar-refractivity contribution >= 4 is 38.9 Å². The smallest absolute Gasteiger partial charge is 0.247 e. The fraction of sp³-hybridized carbons (Fsp3) is 0.357. The second-order valence-electron chi connectivity index (χ2n) is 5.56. The van der Waals surface area contributed by atoms with Crippen LogP contribution in [0.3, 0.4) is 0 Å². The van der Waals surface area contributed by atoms with Crippen LogP contribution in [0.25, 0.3) is 0 Å². The van der Waals surface area contributed by atoms with E-state index >= 15 is 0 Å². The summed E-state index contributed by atoms with van der Waals surface area (Å²) in [6.45, 7) is 0. The molecule has 128 valence electrons. The maximum absolute atomic E-state index is 13.2. The van der Waals surface area contributed by atoms with Crippen LogP contribution in [0.1, 0.15) is 6.42 Å². The first kappa shape index (κ1) is 16.8. The van der Waals surface area contributed by atoms with E-state index in [-0.39, 0.29) is 22.6 Å². The number of nitrogens with zero attached hydrogens (tertiary/aromatic N) is 4. The molecule has 1 fully saturated rings. The Morgan fingerprint density at radius 3 is 2.88 bits per heavy atom. The Labute approximate surface area is 143 Å². The van der Waals surface area contributed by atoms with Crippen LogP contribution in [0.15, 0.2) is 24.4 Å². The number of halogens is 2. The van der Waals surface area contributed by atoms with Gasteiger partial charge >= 0.3 is 0 Å². The lowest BCUT2D eigenvalue weighted by Gasteiger charge is -2.22. The van der Waals surface area contributed by atoms with Gasteiger partial charge in [0.25, 0.3) is 0 Å². The van der Waals surface area contributed by atoms with Gasteiger partial charge in [0.2, 0.25) is 5.95 Å². The minimum absolute atomic E-state index is 0.00415. The molecule has 1 unspecified atom stereocenters. The number of nitrogens with one attached hydrogen (secondary N) is 1. The third-order valence-corrected chi connectivity index (χ3v) is 5.85. The topological polar surface area (TPSA) is 88.1 Å². The summed E-state index contributed by atoms with van der Waals surface area (Å²) in [5.41, 5.74) is 0.555. The Morgan fingerprint density at radius 2 is 2.21 bits per heavy atom. The average molecular weight is 372 g/mol. The Hall–Kier alpha value is -2.00. The number of hydrogen-bond acceptors (Lipinski definition) is 7. The zero-order valence-corrected chi connectivity index (χ0v) is 14.4. The van der Waals surface area contributed by atoms with Crippen molar-refractivity contribution in [1.29, 1.82) is 0 Å². The molecule has 2 aromatic rings. The Bertz CT molecular complexity index is 864. The molecule has 7 nitrogen and oxygen atoms in total. The molecule has 0 bridgehead atoms. The molecule has 2 heterocycles. The van der Waals surface area contributed by atoms with Crippen LogP contribution in [0, 0.1) is 5.82 Å². The van der Waals surface area contributed by atoms with E-state index < -0.39 is 15.7 Å². The fourth-order valence-electron chi connectivity index (χ4n) is 2.47. The van der Waals surface area contributed by atoms with Crippen molar-refractivity contribution in [2.24, 2.45) is 0 Å². The lowest BCUT2D eigenvalue weighted by atomic mass is 10.2. The third-order valence-electron chi connectivity index (χ3n) is 3.81. The van der Waals surface area contributed by atoms with Gasteiger partial charge in [0.1, 0.15) is 5.82 Å². The molecule has 0 aliphatic carbocycles. The maximum Gasteiger partial charge on any atom is 0.247 e. The highest BCUT2D eigenvalue weighted by Crippen LogP contribution is 2.23. The number of benzene rings is 1. The lowest BCUT2D eigenvalue weighted by molar-refractivity contribution is 0.600. The highest BCUT2D eigenvalue weighted by atomic mass is 35.5. The summed E-state index contributed by atoms with van der Waals surface area (Å²) < 4.78 is 36.4. The first-order valence-electron chi connectivity index (χ1n) is 7.19. The van der Waals surface area contributed by atoms with Crippen LogP contribution in [0.4, 0.5) is 21.8 Å². The Morgan fingerprint density at radius 1 is 1.42 bits per heavy atom. The summed E-state index contributed by atoms with van der Waals surface area (Å²) in [5, 5.41) is 10.8. The van der Waals surface area contributed by atoms with Crippen molar-refractivity contribution in [3.05, 3.63) is 35.2 Å². The van der Waals surface area contributed by atoms with Gasteiger partial charge in [0.15, 0.2) is 15.7 Å². The molecule has 1 aromatic heterocycles. The molecule has 3 rings (SSSR count). The van der Waals surface area contributed by atoms with Gasteiger partial charge in [0, 0.05) is 18.8 Å². The van der Waals surface area contributed by atoms with Crippen molar-refractivity contribution in [3.8, 4) is 0 Å². The van der Waals surface area contributed by atoms with Crippen LogP contribution < -0.4 is 10.2 Å². The molecule has 1 saturated heterocycles. The van der Waals surface area contributed by atoms with Crippen LogP contribution in [-0.4, -0.2) is 48.2 Å². The molecule has 1 aliphatic heterocycles. The summed E-state index contributed by atoms with van der Waals surface area (Å²) >= 11 is 5.75. The molecular weight excluding hydrogens is 357 g/mol. The second kappa shape index (κ2) is 6.48. The van der Waals surface area contributed by atoms with Crippen molar-refractivity contribution < 1.29 is 12.8 Å². The molecule has 24 heavy (non-hydrogen) atoms. The summed E-state index contributed by atoms with van der Waals surface area (Å²) in [5.74, 6) is 0.455. The molecular formula is C14H15ClFN5O2S. The minimum atomic E-state index is -3.00. The van der Waals surface area contributed by atoms with Gasteiger partial charge in [-0.1, -0.05) is 11.6 Å². The van der Waals surface area contributed by atoms with E-state index in [9.17, 15) is 12.8 Å². The highest BCUT2D eigenvalue weighted by molar-refractivity contribution is 7.91. The van der Waals surface area contributed by atoms with Gasteiger partial charge in [-0.25, -0.2) is 12.8 Å². The maximum atomic E-state index is 13.2. The minimum Gasteiger partial charge on any atom is -0.339 e. The molecule has 0 radical (unpaired) electrons. The third kappa shape index (κ3) is 3.73. The molecule has 1 atom stereocenters. The predicted octanol–water partition coefficient (Wildman–Crippen LogP) is 2.03. The van der Waals surface area contributed by atoms with Crippen LogP contribution in [0.5, 0.6) is 0 Å². The van der Waals surface area contributed by atoms with Crippen molar-refractivity contribution in [1.82, 2.24) is 15.2 Å². The zero-order valence-electron chi connectivity index (χ0n) is 12.8. The summed E-state index contributed by atoms with van der Waals surface area (Å²) in [6, 6.07) is 4.03. The standard InChI is InChI=1S/C14H15ClFN5O2S/c1-21(10-4-5-24(22,23)8-10)14-19-13(7-17-20-14)18-9-2-3-12(16)11(15)6-9/h2-3,6-7,10H,4-5,8H2,1H3,(H,18,19,20). The Kier molecular flexibility index (Phi) is 4.55. The second-order valence-corrected chi connectivity index (χ2v) is 8.20. The van der Waals surface area contributed by atoms with Gasteiger partial charge in [-0.15, -0.1) is 5.10 Å². The molecule has 1 N–H and O–H groups in total. The molecule has 0 saturated carbocycles. The van der Waals surface area contributed by atoms with Crippen molar-refractivity contribution in [3.63, 3.8) is 0 Å². The first-order valence-corrected chi connectivity index (χ1v) is 9.39. The van der Waals surface area contributed by atoms with Gasteiger partial charge < -0.3 is 10.2 Å². The molecule has 0 amide bonds. The number of anilines is 3. The van der Waals surface area contributed by atoms with E-state index in [4.69, 9.17) is 11.6 Å². The van der Waals surface area contributed by atoms with Gasteiger partial charge in [-0.05, 0) is 24.6 Å². The fourth-order valence-corrected chi connectivity index (χ4v) is 4.42. The van der Waals surface area contributed by atoms with E-state index in [2.05, 4.69) is 20.5 Å². The van der Waals surface area contributed by atoms with Crippen molar-refractivity contribution in [2.75, 3.05) is 28.8 Å². The van der Waals surface area contributed by atoms with Gasteiger partial charge in [-0.3, -0.25) is 0 Å². The molecule has 1 aromatic carbocycles. The monoisotopic (exact) mass is 371 g/mol. The van der Waals surface area contributed by atoms with Crippen LogP contribution in [-0.2, 0) is 9.84 Å². The SMILES string of the molecule is CN(c1nncc(Nc2ccc(F)c(Cl)c2)n1)C1CCS(=O)(=O)C1. The first-order chi connectivity index (χ1) is 11.3. The number of aromatic nitrogens is 3. The van der Waals surface area contributed by atoms with Crippen molar-refractivity contribution in [2.45, 2.75) is 12.5 Å². The summed E-state index contributed by atoms with van der Waals surface area (Å²) in [7, 11) is -1.26. The van der Waals surface area contributed by atoms with E-state index in [1.54, 1.807) is 11.9 Å². The molecule has 10 heteroatoms. The number of hydrogen-bond donors (Lipinski definition) is 1. The van der Waals surface area contributed by atoms with Crippen LogP contribution in [0.2, 0.25) is 5.02 Å². The Balaban J connectivity index is 1.77. The van der Waals surface area contributed by atoms with E-state index in [1.165, 1.54) is 24.4 Å². The lowest BCUT2D eigenvalue weighted by Crippen LogP contribution is -2.34. The highest BCUT2D eigenvalue weighted by Gasteiger charge is 2.31. The quantitative estimate of drug-likeness (QED) is 0.879. The van der Waals surface area contributed by atoms with Crippen LogP contribution >= 0.6 is 11.6 Å². The van der Waals surface area contributed by atoms with E-state index in [0.29, 0.717) is 23.9 Å². The molecule has 0 spiro atoms. The zero-order chi connectivity index (χ0) is 17.3. The predicted molar refractivity (Wildman–Crippen MR) is 90.0 cm³/mol. The summed E-state index contributed by atoms with van der Waals surface area (Å²) in [6.07, 6.45) is 1.95.